The largest absolute Gasteiger partial charge is 0.391 e. The van der Waals surface area contributed by atoms with Gasteiger partial charge in [0.25, 0.3) is 0 Å². The van der Waals surface area contributed by atoms with Crippen LogP contribution >= 0.6 is 0 Å². The molecule has 8 heteroatoms. The molecule has 160 valence electrons. The summed E-state index contributed by atoms with van der Waals surface area (Å²) < 4.78 is 35.6. The fourth-order valence-electron chi connectivity index (χ4n) is 4.33. The van der Waals surface area contributed by atoms with Crippen molar-refractivity contribution in [3.8, 4) is 0 Å². The molecule has 2 saturated heterocycles. The second-order valence-electron chi connectivity index (χ2n) is 7.91. The Hall–Kier alpha value is -2.06. The number of carbonyl (C=O) groups excluding carboxylic acids is 2. The molecule has 1 aromatic carbocycles. The van der Waals surface area contributed by atoms with E-state index in [4.69, 9.17) is 4.74 Å². The summed E-state index contributed by atoms with van der Waals surface area (Å²) in [6, 6.07) is 2.53. The molecule has 2 aliphatic rings. The molecule has 29 heavy (non-hydrogen) atoms. The molecule has 1 aromatic rings. The van der Waals surface area contributed by atoms with Gasteiger partial charge < -0.3 is 24.9 Å². The van der Waals surface area contributed by atoms with E-state index < -0.39 is 29.6 Å². The predicted octanol–water partition coefficient (Wildman–Crippen LogP) is 2.28. The third-order valence-corrected chi connectivity index (χ3v) is 6.10. The van der Waals surface area contributed by atoms with Crippen LogP contribution in [0.5, 0.6) is 0 Å². The maximum Gasteiger partial charge on any atom is 0.227 e. The summed E-state index contributed by atoms with van der Waals surface area (Å²) in [5.74, 6) is -3.13. The number of halogens is 2. The van der Waals surface area contributed by atoms with Crippen molar-refractivity contribution in [2.45, 2.75) is 56.1 Å². The number of piperidine rings is 1. The SMILES string of the molecule is CNC(=O)C(CCC=O)c1c(F)cc(N2CCC3(CC[C@@H](O)CO3)CC2)cc1F. The van der Waals surface area contributed by atoms with Crippen molar-refractivity contribution < 1.29 is 28.2 Å². The molecule has 0 aliphatic carbocycles. The number of amides is 1. The number of nitrogens with zero attached hydrogens (tertiary/aromatic N) is 1. The van der Waals surface area contributed by atoms with Crippen molar-refractivity contribution in [3.05, 3.63) is 29.3 Å². The highest BCUT2D eigenvalue weighted by atomic mass is 19.1. The topological polar surface area (TPSA) is 78.9 Å². The summed E-state index contributed by atoms with van der Waals surface area (Å²) >= 11 is 0. The number of hydrogen-bond acceptors (Lipinski definition) is 5. The minimum Gasteiger partial charge on any atom is -0.391 e. The van der Waals surface area contributed by atoms with Gasteiger partial charge in [0.05, 0.1) is 24.2 Å². The molecular weight excluding hydrogens is 382 g/mol. The Morgan fingerprint density at radius 3 is 2.52 bits per heavy atom. The molecule has 2 fully saturated rings. The van der Waals surface area contributed by atoms with Crippen LogP contribution in [0.25, 0.3) is 0 Å². The van der Waals surface area contributed by atoms with Crippen molar-refractivity contribution in [2.24, 2.45) is 0 Å². The Kier molecular flexibility index (Phi) is 6.85. The van der Waals surface area contributed by atoms with Crippen LogP contribution in [-0.4, -0.2) is 55.7 Å². The average Bonchev–Trinajstić information content (AvgIpc) is 2.72. The van der Waals surface area contributed by atoms with E-state index >= 15 is 0 Å². The first kappa shape index (κ1) is 21.6. The van der Waals surface area contributed by atoms with Gasteiger partial charge in [-0.25, -0.2) is 8.78 Å². The Morgan fingerprint density at radius 2 is 2.00 bits per heavy atom. The fraction of sp³-hybridized carbons (Fsp3) is 0.619. The first-order valence-corrected chi connectivity index (χ1v) is 10.1. The summed E-state index contributed by atoms with van der Waals surface area (Å²) in [5, 5.41) is 12.0. The van der Waals surface area contributed by atoms with E-state index in [1.165, 1.54) is 19.2 Å². The van der Waals surface area contributed by atoms with E-state index in [-0.39, 0.29) is 24.0 Å². The zero-order valence-corrected chi connectivity index (χ0v) is 16.6. The van der Waals surface area contributed by atoms with Gasteiger partial charge in [-0.2, -0.15) is 0 Å². The van der Waals surface area contributed by atoms with Crippen molar-refractivity contribution in [3.63, 3.8) is 0 Å². The number of likely N-dealkylation sites (N-methyl/N-ethyl adjacent to an activating group) is 1. The van der Waals surface area contributed by atoms with Crippen LogP contribution in [0.15, 0.2) is 12.1 Å². The predicted molar refractivity (Wildman–Crippen MR) is 104 cm³/mol. The number of anilines is 1. The summed E-state index contributed by atoms with van der Waals surface area (Å²) in [5.41, 5.74) is -0.125. The number of nitrogens with one attached hydrogen (secondary N) is 1. The van der Waals surface area contributed by atoms with Crippen molar-refractivity contribution >= 4 is 17.9 Å². The minimum absolute atomic E-state index is 0.0433. The van der Waals surface area contributed by atoms with Crippen molar-refractivity contribution in [2.75, 3.05) is 31.6 Å². The van der Waals surface area contributed by atoms with Crippen LogP contribution in [0, 0.1) is 11.6 Å². The first-order valence-electron chi connectivity index (χ1n) is 10.1. The lowest BCUT2D eigenvalue weighted by molar-refractivity contribution is -0.133. The lowest BCUT2D eigenvalue weighted by atomic mass is 9.83. The lowest BCUT2D eigenvalue weighted by Gasteiger charge is -2.45. The molecule has 2 N–H and O–H groups in total. The van der Waals surface area contributed by atoms with Crippen LogP contribution in [0.2, 0.25) is 0 Å². The highest BCUT2D eigenvalue weighted by Crippen LogP contribution is 2.37. The van der Waals surface area contributed by atoms with Gasteiger partial charge >= 0.3 is 0 Å². The summed E-state index contributed by atoms with van der Waals surface area (Å²) in [7, 11) is 1.40. The summed E-state index contributed by atoms with van der Waals surface area (Å²) in [6.45, 7) is 1.52. The van der Waals surface area contributed by atoms with E-state index in [9.17, 15) is 23.5 Å². The number of rotatable bonds is 6. The normalized spacial score (nSPS) is 22.3. The zero-order chi connectivity index (χ0) is 21.0. The molecular formula is C21H28F2N2O4. The van der Waals surface area contributed by atoms with Gasteiger partial charge in [-0.15, -0.1) is 0 Å². The molecule has 0 radical (unpaired) electrons. The lowest BCUT2D eigenvalue weighted by Crippen LogP contribution is -2.50. The second-order valence-corrected chi connectivity index (χ2v) is 7.91. The van der Waals surface area contributed by atoms with E-state index in [1.54, 1.807) is 0 Å². The van der Waals surface area contributed by atoms with Gasteiger partial charge in [-0.3, -0.25) is 4.79 Å². The number of aliphatic hydroxyl groups excluding tert-OH is 1. The van der Waals surface area contributed by atoms with Gasteiger partial charge in [0.1, 0.15) is 17.9 Å². The molecule has 0 saturated carbocycles. The molecule has 0 aromatic heterocycles. The van der Waals surface area contributed by atoms with E-state index in [0.717, 1.165) is 19.3 Å². The number of aliphatic hydroxyl groups is 1. The molecule has 2 aliphatic heterocycles. The number of ether oxygens (including phenoxy) is 1. The standard InChI is InChI=1S/C21H28F2N2O4/c1-24-20(28)16(3-2-10-26)19-17(22)11-14(12-18(19)23)25-8-6-21(7-9-25)5-4-15(27)13-29-21/h10-12,15-16,27H,2-9,13H2,1H3,(H,24,28)/t15-,16?/m1/s1. The summed E-state index contributed by atoms with van der Waals surface area (Å²) in [6.07, 6.45) is 3.26. The quantitative estimate of drug-likeness (QED) is 0.704. The van der Waals surface area contributed by atoms with Gasteiger partial charge in [-0.1, -0.05) is 0 Å². The number of carbonyl (C=O) groups is 2. The average molecular weight is 410 g/mol. The number of benzene rings is 1. The zero-order valence-electron chi connectivity index (χ0n) is 16.6. The molecule has 0 bridgehead atoms. The number of aldehydes is 1. The number of hydrogen-bond donors (Lipinski definition) is 2. The molecule has 1 amide bonds. The Balaban J connectivity index is 1.75. The van der Waals surface area contributed by atoms with Gasteiger partial charge in [0.15, 0.2) is 0 Å². The molecule has 2 heterocycles. The monoisotopic (exact) mass is 410 g/mol. The minimum atomic E-state index is -1.05. The molecule has 1 spiro atoms. The van der Waals surface area contributed by atoms with E-state index in [1.807, 2.05) is 4.90 Å². The second kappa shape index (κ2) is 9.17. The molecule has 2 atom stereocenters. The molecule has 3 rings (SSSR count). The van der Waals surface area contributed by atoms with Gasteiger partial charge in [0, 0.05) is 37.8 Å². The fourth-order valence-corrected chi connectivity index (χ4v) is 4.33. The van der Waals surface area contributed by atoms with E-state index in [0.29, 0.717) is 38.1 Å². The van der Waals surface area contributed by atoms with Gasteiger partial charge in [0.2, 0.25) is 5.91 Å². The van der Waals surface area contributed by atoms with Crippen LogP contribution in [0.4, 0.5) is 14.5 Å². The summed E-state index contributed by atoms with van der Waals surface area (Å²) in [4.78, 5) is 24.7. The maximum absolute atomic E-state index is 14.8. The highest BCUT2D eigenvalue weighted by Gasteiger charge is 2.39. The Morgan fingerprint density at radius 1 is 1.34 bits per heavy atom. The Labute approximate surface area is 169 Å². The van der Waals surface area contributed by atoms with Crippen LogP contribution < -0.4 is 10.2 Å². The van der Waals surface area contributed by atoms with Crippen molar-refractivity contribution in [1.29, 1.82) is 0 Å². The van der Waals surface area contributed by atoms with E-state index in [2.05, 4.69) is 5.32 Å². The Bertz CT molecular complexity index is 717. The van der Waals surface area contributed by atoms with Gasteiger partial charge in [-0.05, 0) is 44.2 Å². The van der Waals surface area contributed by atoms with Crippen LogP contribution in [0.3, 0.4) is 0 Å². The molecule has 1 unspecified atom stereocenters. The maximum atomic E-state index is 14.8. The highest BCUT2D eigenvalue weighted by molar-refractivity contribution is 5.84. The van der Waals surface area contributed by atoms with Crippen LogP contribution in [-0.2, 0) is 14.3 Å². The third-order valence-electron chi connectivity index (χ3n) is 6.10. The third kappa shape index (κ3) is 4.75. The molecule has 6 nitrogen and oxygen atoms in total. The van der Waals surface area contributed by atoms with Crippen molar-refractivity contribution in [1.82, 2.24) is 5.32 Å². The first-order chi connectivity index (χ1) is 13.9. The smallest absolute Gasteiger partial charge is 0.227 e. The van der Waals surface area contributed by atoms with Crippen LogP contribution in [0.1, 0.15) is 50.0 Å².